The summed E-state index contributed by atoms with van der Waals surface area (Å²) < 4.78 is 10.7. The van der Waals surface area contributed by atoms with E-state index in [2.05, 4.69) is 11.8 Å². The minimum atomic E-state index is -0.375. The van der Waals surface area contributed by atoms with Gasteiger partial charge >= 0.3 is 5.69 Å². The maximum Gasteiger partial charge on any atom is 0.332 e. The summed E-state index contributed by atoms with van der Waals surface area (Å²) in [7, 11) is 1.68. The zero-order valence-electron chi connectivity index (χ0n) is 21.7. The van der Waals surface area contributed by atoms with Gasteiger partial charge in [-0.15, -0.1) is 0 Å². The number of fused-ring (bicyclic) bond motifs is 3. The predicted molar refractivity (Wildman–Crippen MR) is 149 cm³/mol. The van der Waals surface area contributed by atoms with Crippen molar-refractivity contribution in [3.63, 3.8) is 0 Å². The fourth-order valence-corrected chi connectivity index (χ4v) is 5.06. The van der Waals surface area contributed by atoms with Crippen molar-refractivity contribution in [1.82, 2.24) is 18.7 Å². The van der Waals surface area contributed by atoms with Crippen LogP contribution in [0.2, 0.25) is 0 Å². The molecule has 2 aromatic heterocycles. The van der Waals surface area contributed by atoms with Gasteiger partial charge in [0.1, 0.15) is 11.5 Å². The molecule has 3 heterocycles. The minimum Gasteiger partial charge on any atom is -0.457 e. The molecular formula is C30H29N5O3. The van der Waals surface area contributed by atoms with Crippen LogP contribution in [0.3, 0.4) is 0 Å². The van der Waals surface area contributed by atoms with Crippen LogP contribution in [0.5, 0.6) is 11.5 Å². The highest BCUT2D eigenvalue weighted by molar-refractivity contribution is 5.77. The van der Waals surface area contributed by atoms with Crippen LogP contribution >= 0.6 is 0 Å². The molecule has 3 aromatic carbocycles. The molecule has 8 nitrogen and oxygen atoms in total. The average molecular weight is 508 g/mol. The summed E-state index contributed by atoms with van der Waals surface area (Å²) in [6, 6.07) is 25.4. The molecule has 38 heavy (non-hydrogen) atoms. The van der Waals surface area contributed by atoms with Gasteiger partial charge in [-0.3, -0.25) is 13.9 Å². The van der Waals surface area contributed by atoms with E-state index < -0.39 is 0 Å². The molecule has 0 fully saturated rings. The number of anilines is 2. The normalized spacial score (nSPS) is 15.0. The second-order valence-electron chi connectivity index (χ2n) is 10.0. The minimum absolute atomic E-state index is 0.213. The van der Waals surface area contributed by atoms with Gasteiger partial charge in [-0.25, -0.2) is 4.79 Å². The Hall–Kier alpha value is -4.59. The van der Waals surface area contributed by atoms with Crippen LogP contribution in [0.1, 0.15) is 18.1 Å². The zero-order valence-corrected chi connectivity index (χ0v) is 21.7. The number of hydrogen-bond acceptors (Lipinski definition) is 5. The summed E-state index contributed by atoms with van der Waals surface area (Å²) in [5.41, 5.74) is 3.14. The fraction of sp³-hybridized carbons (Fsp3) is 0.233. The molecule has 0 saturated carbocycles. The van der Waals surface area contributed by atoms with Crippen molar-refractivity contribution in [1.29, 1.82) is 0 Å². The summed E-state index contributed by atoms with van der Waals surface area (Å²) in [4.78, 5) is 33.9. The van der Waals surface area contributed by atoms with Crippen LogP contribution < -0.4 is 20.9 Å². The quantitative estimate of drug-likeness (QED) is 0.341. The molecule has 1 unspecified atom stereocenters. The largest absolute Gasteiger partial charge is 0.457 e. The molecule has 0 radical (unpaired) electrons. The Morgan fingerprint density at radius 1 is 0.895 bits per heavy atom. The summed E-state index contributed by atoms with van der Waals surface area (Å²) in [6.07, 6.45) is 0. The van der Waals surface area contributed by atoms with Crippen molar-refractivity contribution in [2.24, 2.45) is 13.0 Å². The number of hydrogen-bond donors (Lipinski definition) is 0. The van der Waals surface area contributed by atoms with E-state index in [4.69, 9.17) is 9.72 Å². The molecule has 8 heteroatoms. The lowest BCUT2D eigenvalue weighted by atomic mass is 10.1. The van der Waals surface area contributed by atoms with Gasteiger partial charge in [-0.1, -0.05) is 55.0 Å². The molecule has 1 atom stereocenters. The van der Waals surface area contributed by atoms with E-state index in [1.807, 2.05) is 90.4 Å². The van der Waals surface area contributed by atoms with Crippen molar-refractivity contribution in [3.8, 4) is 11.5 Å². The van der Waals surface area contributed by atoms with Crippen LogP contribution in [-0.2, 0) is 20.1 Å². The monoisotopic (exact) mass is 507 g/mol. The van der Waals surface area contributed by atoms with Crippen LogP contribution in [0.4, 0.5) is 11.6 Å². The van der Waals surface area contributed by atoms with Gasteiger partial charge in [-0.2, -0.15) is 4.98 Å². The molecule has 5 aromatic rings. The molecule has 0 amide bonds. The first-order chi connectivity index (χ1) is 18.4. The van der Waals surface area contributed by atoms with Gasteiger partial charge in [0.25, 0.3) is 5.56 Å². The molecule has 0 saturated heterocycles. The number of rotatable bonds is 5. The Morgan fingerprint density at radius 2 is 1.58 bits per heavy atom. The fourth-order valence-electron chi connectivity index (χ4n) is 5.06. The highest BCUT2D eigenvalue weighted by Gasteiger charge is 2.30. The van der Waals surface area contributed by atoms with Gasteiger partial charge in [-0.05, 0) is 54.8 Å². The summed E-state index contributed by atoms with van der Waals surface area (Å²) in [6.45, 7) is 5.77. The van der Waals surface area contributed by atoms with E-state index in [0.29, 0.717) is 23.7 Å². The van der Waals surface area contributed by atoms with Crippen LogP contribution in [0.15, 0.2) is 88.5 Å². The Morgan fingerprint density at radius 3 is 2.29 bits per heavy atom. The number of aryl methyl sites for hydroxylation is 2. The Labute approximate surface area is 220 Å². The number of imidazole rings is 1. The summed E-state index contributed by atoms with van der Waals surface area (Å²) in [5.74, 6) is 2.44. The van der Waals surface area contributed by atoms with Gasteiger partial charge < -0.3 is 14.2 Å². The third-order valence-electron chi connectivity index (χ3n) is 7.03. The second kappa shape index (κ2) is 9.37. The van der Waals surface area contributed by atoms with Gasteiger partial charge in [0.05, 0.1) is 6.54 Å². The first-order valence-corrected chi connectivity index (χ1v) is 12.7. The van der Waals surface area contributed by atoms with Crippen molar-refractivity contribution in [2.45, 2.75) is 26.9 Å². The predicted octanol–water partition coefficient (Wildman–Crippen LogP) is 4.83. The average Bonchev–Trinajstić information content (AvgIpc) is 3.31. The third-order valence-corrected chi connectivity index (χ3v) is 7.03. The number of nitrogens with zero attached hydrogens (tertiary/aromatic N) is 5. The molecule has 0 spiro atoms. The van der Waals surface area contributed by atoms with Crippen LogP contribution in [-0.4, -0.2) is 25.2 Å². The molecule has 192 valence electrons. The van der Waals surface area contributed by atoms with Crippen molar-refractivity contribution >= 4 is 22.8 Å². The first kappa shape index (κ1) is 23.8. The molecule has 1 aliphatic heterocycles. The third kappa shape index (κ3) is 4.18. The highest BCUT2D eigenvalue weighted by Crippen LogP contribution is 2.34. The van der Waals surface area contributed by atoms with Gasteiger partial charge in [0.2, 0.25) is 5.95 Å². The lowest BCUT2D eigenvalue weighted by Crippen LogP contribution is -2.40. The van der Waals surface area contributed by atoms with Gasteiger partial charge in [0, 0.05) is 25.8 Å². The Kier molecular flexibility index (Phi) is 5.87. The standard InChI is InChI=1S/C30H29N5O3/c1-20-9-11-22(12-10-20)19-35-28(36)26-27(32(3)30(35)37)31-29-33(17-21(2)18-34(26)29)23-13-15-25(16-14-23)38-24-7-5-4-6-8-24/h4-16,21H,17-19H2,1-3H3. The summed E-state index contributed by atoms with van der Waals surface area (Å²) in [5, 5.41) is 0. The van der Waals surface area contributed by atoms with E-state index in [0.717, 1.165) is 34.9 Å². The molecule has 0 bridgehead atoms. The lowest BCUT2D eigenvalue weighted by Gasteiger charge is -2.33. The number of para-hydroxylation sites is 1. The number of aromatic nitrogens is 4. The molecule has 1 aliphatic rings. The van der Waals surface area contributed by atoms with Crippen molar-refractivity contribution in [2.75, 3.05) is 11.4 Å². The van der Waals surface area contributed by atoms with Crippen molar-refractivity contribution < 1.29 is 4.74 Å². The zero-order chi connectivity index (χ0) is 26.4. The van der Waals surface area contributed by atoms with Crippen molar-refractivity contribution in [3.05, 3.63) is 111 Å². The highest BCUT2D eigenvalue weighted by atomic mass is 16.5. The lowest BCUT2D eigenvalue weighted by molar-refractivity contribution is 0.457. The first-order valence-electron chi connectivity index (χ1n) is 12.7. The van der Waals surface area contributed by atoms with Crippen LogP contribution in [0, 0.1) is 12.8 Å². The SMILES string of the molecule is Cc1ccc(Cn2c(=O)c3c(nc4n3CC(C)CN4c3ccc(Oc4ccccc4)cc3)n(C)c2=O)cc1. The molecule has 6 rings (SSSR count). The maximum atomic E-state index is 13.7. The maximum absolute atomic E-state index is 13.7. The van der Waals surface area contributed by atoms with E-state index in [-0.39, 0.29) is 23.7 Å². The Balaban J connectivity index is 1.41. The number of benzene rings is 3. The second-order valence-corrected chi connectivity index (χ2v) is 10.0. The van der Waals surface area contributed by atoms with E-state index in [9.17, 15) is 9.59 Å². The smallest absolute Gasteiger partial charge is 0.332 e. The van der Waals surface area contributed by atoms with E-state index in [1.54, 1.807) is 7.05 Å². The van der Waals surface area contributed by atoms with E-state index >= 15 is 0 Å². The topological polar surface area (TPSA) is 74.3 Å². The van der Waals surface area contributed by atoms with Gasteiger partial charge in [0.15, 0.2) is 11.2 Å². The molecule has 0 aliphatic carbocycles. The van der Waals surface area contributed by atoms with Crippen LogP contribution in [0.25, 0.3) is 11.2 Å². The number of ether oxygens (including phenoxy) is 1. The van der Waals surface area contributed by atoms with E-state index in [1.165, 1.54) is 9.13 Å². The summed E-state index contributed by atoms with van der Waals surface area (Å²) >= 11 is 0. The molecular weight excluding hydrogens is 478 g/mol. The molecule has 0 N–H and O–H groups in total. The Bertz CT molecular complexity index is 1730.